The lowest BCUT2D eigenvalue weighted by molar-refractivity contribution is 0.122. The predicted octanol–water partition coefficient (Wildman–Crippen LogP) is 2.63. The summed E-state index contributed by atoms with van der Waals surface area (Å²) in [4.78, 5) is 12.0. The Balaban J connectivity index is 1.63. The van der Waals surface area contributed by atoms with Crippen LogP contribution < -0.4 is 15.5 Å². The van der Waals surface area contributed by atoms with E-state index in [9.17, 15) is 0 Å². The molecule has 2 aromatic heterocycles. The Morgan fingerprint density at radius 3 is 2.55 bits per heavy atom. The molecule has 0 aliphatic carbocycles. The monoisotopic (exact) mass is 394 g/mol. The Kier molecular flexibility index (Phi) is 5.03. The quantitative estimate of drug-likeness (QED) is 0.698. The van der Waals surface area contributed by atoms with Crippen molar-refractivity contribution in [3.8, 4) is 11.4 Å². The highest BCUT2D eigenvalue weighted by Crippen LogP contribution is 2.35. The van der Waals surface area contributed by atoms with Gasteiger partial charge in [-0.2, -0.15) is 0 Å². The maximum absolute atomic E-state index is 5.83. The number of benzene rings is 1. The molecule has 0 saturated carbocycles. The van der Waals surface area contributed by atoms with E-state index < -0.39 is 0 Å². The molecule has 29 heavy (non-hydrogen) atoms. The third-order valence-corrected chi connectivity index (χ3v) is 5.79. The van der Waals surface area contributed by atoms with E-state index in [2.05, 4.69) is 20.7 Å². The second kappa shape index (κ2) is 7.96. The van der Waals surface area contributed by atoms with Crippen molar-refractivity contribution in [3.63, 3.8) is 0 Å². The van der Waals surface area contributed by atoms with E-state index in [1.165, 1.54) is 0 Å². The number of piperidine rings is 1. The van der Waals surface area contributed by atoms with Crippen LogP contribution in [-0.4, -0.2) is 61.6 Å². The average Bonchev–Trinajstić information content (AvgIpc) is 3.24. The molecule has 0 bridgehead atoms. The molecule has 0 amide bonds. The highest BCUT2D eigenvalue weighted by Gasteiger charge is 2.27. The summed E-state index contributed by atoms with van der Waals surface area (Å²) >= 11 is 0. The topological polar surface area (TPSA) is 88.3 Å². The van der Waals surface area contributed by atoms with Crippen LogP contribution in [0, 0.1) is 0 Å². The van der Waals surface area contributed by atoms with Crippen molar-refractivity contribution in [2.24, 2.45) is 0 Å². The lowest BCUT2D eigenvalue weighted by atomic mass is 9.94. The zero-order valence-corrected chi connectivity index (χ0v) is 16.6. The molecule has 2 fully saturated rings. The lowest BCUT2D eigenvalue weighted by Crippen LogP contribution is -2.37. The summed E-state index contributed by atoms with van der Waals surface area (Å²) in [5.74, 6) is 1.89. The fourth-order valence-corrected chi connectivity index (χ4v) is 4.10. The van der Waals surface area contributed by atoms with E-state index in [0.29, 0.717) is 30.5 Å². The highest BCUT2D eigenvalue weighted by molar-refractivity contribution is 5.88. The summed E-state index contributed by atoms with van der Waals surface area (Å²) in [6, 6.07) is 8.18. The summed E-state index contributed by atoms with van der Waals surface area (Å²) in [5.41, 5.74) is 4.55. The van der Waals surface area contributed by atoms with Crippen molar-refractivity contribution in [3.05, 3.63) is 30.0 Å². The molecule has 0 atom stereocenters. The zero-order valence-electron chi connectivity index (χ0n) is 16.6. The second-order valence-corrected chi connectivity index (χ2v) is 7.57. The molecule has 2 aliphatic heterocycles. The molecule has 2 saturated heterocycles. The number of aromatic nitrogens is 3. The van der Waals surface area contributed by atoms with Gasteiger partial charge in [-0.15, -0.1) is 0 Å². The van der Waals surface area contributed by atoms with Gasteiger partial charge in [0.2, 0.25) is 5.58 Å². The van der Waals surface area contributed by atoms with Crippen molar-refractivity contribution in [2.75, 3.05) is 56.7 Å². The number of nitrogens with one attached hydrogen (secondary N) is 2. The van der Waals surface area contributed by atoms with E-state index in [-0.39, 0.29) is 0 Å². The third kappa shape index (κ3) is 3.54. The number of nitrogens with zero attached hydrogens (tertiary/aromatic N) is 4. The van der Waals surface area contributed by atoms with Crippen LogP contribution in [0.25, 0.3) is 22.5 Å². The number of anilines is 2. The maximum Gasteiger partial charge on any atom is 0.227 e. The van der Waals surface area contributed by atoms with Crippen LogP contribution >= 0.6 is 0 Å². The molecule has 2 N–H and O–H groups in total. The first-order valence-electron chi connectivity index (χ1n) is 10.3. The van der Waals surface area contributed by atoms with E-state index in [0.717, 1.165) is 67.3 Å². The largest absolute Gasteiger partial charge is 0.388 e. The minimum absolute atomic E-state index is 0.365. The first-order chi connectivity index (χ1) is 14.3. The molecule has 2 aliphatic rings. The molecule has 0 spiro atoms. The van der Waals surface area contributed by atoms with Gasteiger partial charge < -0.3 is 24.8 Å². The molecule has 0 radical (unpaired) electrons. The molecule has 152 valence electrons. The molecule has 1 aromatic carbocycles. The van der Waals surface area contributed by atoms with Crippen LogP contribution in [0.3, 0.4) is 0 Å². The van der Waals surface area contributed by atoms with Crippen molar-refractivity contribution < 1.29 is 9.26 Å². The average molecular weight is 394 g/mol. The number of morpholine rings is 1. The first-order valence-corrected chi connectivity index (χ1v) is 10.3. The Labute approximate surface area is 169 Å². The van der Waals surface area contributed by atoms with Crippen LogP contribution in [0.4, 0.5) is 11.5 Å². The number of ether oxygens (including phenoxy) is 1. The van der Waals surface area contributed by atoms with Gasteiger partial charge in [0.05, 0.1) is 13.2 Å². The molecular formula is C21H26N6O2. The van der Waals surface area contributed by atoms with E-state index in [1.54, 1.807) is 0 Å². The van der Waals surface area contributed by atoms with Gasteiger partial charge in [-0.05, 0) is 50.2 Å². The summed E-state index contributed by atoms with van der Waals surface area (Å²) in [7, 11) is 1.91. The Bertz CT molecular complexity index is 975. The summed E-state index contributed by atoms with van der Waals surface area (Å²) in [6.45, 7) is 4.94. The molecule has 0 unspecified atom stereocenters. The Morgan fingerprint density at radius 2 is 1.83 bits per heavy atom. The van der Waals surface area contributed by atoms with Gasteiger partial charge in [0.1, 0.15) is 11.2 Å². The van der Waals surface area contributed by atoms with Crippen molar-refractivity contribution in [2.45, 2.75) is 18.8 Å². The van der Waals surface area contributed by atoms with Gasteiger partial charge >= 0.3 is 0 Å². The zero-order chi connectivity index (χ0) is 19.6. The van der Waals surface area contributed by atoms with Crippen molar-refractivity contribution >= 4 is 22.6 Å². The second-order valence-electron chi connectivity index (χ2n) is 7.57. The van der Waals surface area contributed by atoms with Crippen molar-refractivity contribution in [1.82, 2.24) is 20.4 Å². The molecular weight excluding hydrogens is 368 g/mol. The number of hydrogen-bond donors (Lipinski definition) is 2. The van der Waals surface area contributed by atoms with Gasteiger partial charge in [0.25, 0.3) is 0 Å². The first kappa shape index (κ1) is 18.3. The van der Waals surface area contributed by atoms with Crippen LogP contribution in [0.1, 0.15) is 24.5 Å². The van der Waals surface area contributed by atoms with Crippen molar-refractivity contribution in [1.29, 1.82) is 0 Å². The summed E-state index contributed by atoms with van der Waals surface area (Å²) in [5, 5.41) is 11.0. The molecule has 3 aromatic rings. The fourth-order valence-electron chi connectivity index (χ4n) is 4.10. The highest BCUT2D eigenvalue weighted by atomic mass is 16.5. The van der Waals surface area contributed by atoms with Crippen LogP contribution in [0.5, 0.6) is 0 Å². The maximum atomic E-state index is 5.83. The van der Waals surface area contributed by atoms with Crippen LogP contribution in [0.15, 0.2) is 28.8 Å². The predicted molar refractivity (Wildman–Crippen MR) is 112 cm³/mol. The summed E-state index contributed by atoms with van der Waals surface area (Å²) < 4.78 is 11.4. The SMILES string of the molecule is CNc1ccc(-c2nc(N3CCOCC3)c3onc(C4CCNCC4)c3n2)cc1. The van der Waals surface area contributed by atoms with Gasteiger partial charge in [0.15, 0.2) is 11.6 Å². The van der Waals surface area contributed by atoms with Crippen LogP contribution in [-0.2, 0) is 4.74 Å². The number of rotatable bonds is 4. The van der Waals surface area contributed by atoms with E-state index >= 15 is 0 Å². The third-order valence-electron chi connectivity index (χ3n) is 5.79. The van der Waals surface area contributed by atoms with E-state index in [4.69, 9.17) is 19.2 Å². The van der Waals surface area contributed by atoms with E-state index in [1.807, 2.05) is 31.3 Å². The fraction of sp³-hybridized carbons (Fsp3) is 0.476. The van der Waals surface area contributed by atoms with Gasteiger partial charge in [0, 0.05) is 37.3 Å². The number of hydrogen-bond acceptors (Lipinski definition) is 8. The molecule has 4 heterocycles. The Morgan fingerprint density at radius 1 is 1.07 bits per heavy atom. The molecule has 8 heteroatoms. The standard InChI is InChI=1S/C21H26N6O2/c1-22-16-4-2-15(3-5-16)20-24-18-17(14-6-8-23-9-7-14)26-29-19(18)21(25-20)27-10-12-28-13-11-27/h2-5,14,22-23H,6-13H2,1H3. The molecule has 5 rings (SSSR count). The number of fused-ring (bicyclic) bond motifs is 1. The summed E-state index contributed by atoms with van der Waals surface area (Å²) in [6.07, 6.45) is 2.09. The normalized spacial score (nSPS) is 18.3. The van der Waals surface area contributed by atoms with Gasteiger partial charge in [-0.25, -0.2) is 9.97 Å². The Hall–Kier alpha value is -2.71. The minimum Gasteiger partial charge on any atom is -0.388 e. The minimum atomic E-state index is 0.365. The van der Waals surface area contributed by atoms with Gasteiger partial charge in [-0.3, -0.25) is 0 Å². The lowest BCUT2D eigenvalue weighted by Gasteiger charge is -2.27. The van der Waals surface area contributed by atoms with Gasteiger partial charge in [-0.1, -0.05) is 5.16 Å². The molecule has 8 nitrogen and oxygen atoms in total. The van der Waals surface area contributed by atoms with Crippen LogP contribution in [0.2, 0.25) is 0 Å². The smallest absolute Gasteiger partial charge is 0.227 e.